The molecular weight excluding hydrogens is 92.1 g/mol. The maximum absolute atomic E-state index is 4.58. The normalized spacial score (nSPS) is 9.43. The molecule has 0 N–H and O–H groups in total. The minimum atomic E-state index is 0.671. The van der Waals surface area contributed by atoms with E-state index in [1.807, 2.05) is 6.92 Å². The van der Waals surface area contributed by atoms with Gasteiger partial charge in [-0.05, 0) is 13.3 Å². The third kappa shape index (κ3) is 5.92. The van der Waals surface area contributed by atoms with E-state index < -0.39 is 0 Å². The van der Waals surface area contributed by atoms with Crippen molar-refractivity contribution in [3.8, 4) is 0 Å². The Bertz CT molecular complexity index is 25.3. The van der Waals surface area contributed by atoms with Crippen LogP contribution in [-0.4, -0.2) is 6.61 Å². The number of rotatable bonds is 4. The van der Waals surface area contributed by atoms with E-state index in [-0.39, 0.29) is 0 Å². The van der Waals surface area contributed by atoms with Gasteiger partial charge in [-0.3, -0.25) is 0 Å². The molecule has 0 spiro atoms. The second-order valence-corrected chi connectivity index (χ2v) is 1.15. The van der Waals surface area contributed by atoms with Crippen molar-refractivity contribution < 1.29 is 9.78 Å². The van der Waals surface area contributed by atoms with Gasteiger partial charge in [-0.25, -0.2) is 9.78 Å². The molecule has 0 aliphatic rings. The van der Waals surface area contributed by atoms with Crippen molar-refractivity contribution in [3.05, 3.63) is 6.61 Å². The predicted octanol–water partition coefficient (Wildman–Crippen LogP) is 1.53. The second-order valence-electron chi connectivity index (χ2n) is 1.15. The molecule has 0 aromatic rings. The lowest BCUT2D eigenvalue weighted by Crippen LogP contribution is -1.89. The van der Waals surface area contributed by atoms with Crippen molar-refractivity contribution in [1.82, 2.24) is 0 Å². The summed E-state index contributed by atoms with van der Waals surface area (Å²) in [5.41, 5.74) is 0. The molecule has 2 nitrogen and oxygen atoms in total. The van der Waals surface area contributed by atoms with Crippen LogP contribution >= 0.6 is 0 Å². The van der Waals surface area contributed by atoms with Crippen molar-refractivity contribution in [2.45, 2.75) is 20.3 Å². The average molecular weight is 103 g/mol. The molecule has 0 heterocycles. The van der Waals surface area contributed by atoms with E-state index >= 15 is 0 Å². The molecular formula is C5H11O2. The molecule has 1 radical (unpaired) electrons. The molecule has 0 atom stereocenters. The summed E-state index contributed by atoms with van der Waals surface area (Å²) in [5.74, 6) is 0. The van der Waals surface area contributed by atoms with Crippen molar-refractivity contribution in [1.29, 1.82) is 0 Å². The summed E-state index contributed by atoms with van der Waals surface area (Å²) in [7, 11) is 0. The molecule has 7 heavy (non-hydrogen) atoms. The summed E-state index contributed by atoms with van der Waals surface area (Å²) in [6, 6.07) is 0. The minimum Gasteiger partial charge on any atom is -0.236 e. The molecule has 0 aliphatic heterocycles. The summed E-state index contributed by atoms with van der Waals surface area (Å²) < 4.78 is 0. The van der Waals surface area contributed by atoms with E-state index in [4.69, 9.17) is 0 Å². The SMILES string of the molecule is C[CH]OOCCC. The monoisotopic (exact) mass is 103 g/mol. The van der Waals surface area contributed by atoms with Gasteiger partial charge < -0.3 is 0 Å². The zero-order valence-electron chi connectivity index (χ0n) is 4.81. The summed E-state index contributed by atoms with van der Waals surface area (Å²) >= 11 is 0. The molecule has 0 aromatic heterocycles. The predicted molar refractivity (Wildman–Crippen MR) is 27.3 cm³/mol. The smallest absolute Gasteiger partial charge is 0.119 e. The van der Waals surface area contributed by atoms with Crippen LogP contribution in [0.2, 0.25) is 0 Å². The maximum Gasteiger partial charge on any atom is 0.119 e. The van der Waals surface area contributed by atoms with Crippen molar-refractivity contribution in [2.75, 3.05) is 6.61 Å². The molecule has 0 amide bonds. The van der Waals surface area contributed by atoms with Gasteiger partial charge >= 0.3 is 0 Å². The highest BCUT2D eigenvalue weighted by molar-refractivity contribution is 4.23. The van der Waals surface area contributed by atoms with Gasteiger partial charge in [-0.15, -0.1) is 0 Å². The third-order valence-corrected chi connectivity index (χ3v) is 0.452. The highest BCUT2D eigenvalue weighted by Crippen LogP contribution is 1.83. The van der Waals surface area contributed by atoms with Crippen molar-refractivity contribution >= 4 is 0 Å². The molecule has 0 aromatic carbocycles. The summed E-state index contributed by atoms with van der Waals surface area (Å²) in [5, 5.41) is 0. The Labute approximate surface area is 44.4 Å². The first-order valence-corrected chi connectivity index (χ1v) is 2.48. The molecule has 0 bridgehead atoms. The molecule has 0 fully saturated rings. The fourth-order valence-corrected chi connectivity index (χ4v) is 0.199. The van der Waals surface area contributed by atoms with Crippen LogP contribution in [0.1, 0.15) is 20.3 Å². The van der Waals surface area contributed by atoms with Gasteiger partial charge in [0.1, 0.15) is 6.61 Å². The first-order chi connectivity index (χ1) is 3.41. The van der Waals surface area contributed by atoms with Gasteiger partial charge in [0.05, 0.1) is 6.61 Å². The first-order valence-electron chi connectivity index (χ1n) is 2.48. The van der Waals surface area contributed by atoms with E-state index in [0.29, 0.717) is 6.61 Å². The maximum atomic E-state index is 4.58. The van der Waals surface area contributed by atoms with E-state index in [1.54, 1.807) is 6.92 Å². The van der Waals surface area contributed by atoms with Gasteiger partial charge in [0, 0.05) is 0 Å². The Morgan fingerprint density at radius 1 is 1.57 bits per heavy atom. The Balaban J connectivity index is 2.45. The summed E-state index contributed by atoms with van der Waals surface area (Å²) in [4.78, 5) is 9.03. The Morgan fingerprint density at radius 2 is 2.29 bits per heavy atom. The molecule has 0 unspecified atom stereocenters. The fourth-order valence-electron chi connectivity index (χ4n) is 0.199. The quantitative estimate of drug-likeness (QED) is 0.305. The minimum absolute atomic E-state index is 0.671. The number of hydrogen-bond donors (Lipinski definition) is 0. The van der Waals surface area contributed by atoms with Crippen LogP contribution < -0.4 is 0 Å². The van der Waals surface area contributed by atoms with E-state index in [0.717, 1.165) is 6.42 Å². The van der Waals surface area contributed by atoms with Gasteiger partial charge in [0.2, 0.25) is 0 Å². The zero-order chi connectivity index (χ0) is 5.54. The van der Waals surface area contributed by atoms with E-state index in [1.165, 1.54) is 6.61 Å². The van der Waals surface area contributed by atoms with Crippen LogP contribution in [0.15, 0.2) is 0 Å². The average Bonchev–Trinajstić information content (AvgIpc) is 1.69. The standard InChI is InChI=1S/C5H11O2/c1-3-5-7-6-4-2/h4H,3,5H2,1-2H3. The second kappa shape index (κ2) is 5.92. The molecule has 0 aliphatic carbocycles. The molecule has 0 saturated heterocycles. The van der Waals surface area contributed by atoms with E-state index in [9.17, 15) is 0 Å². The highest BCUT2D eigenvalue weighted by Gasteiger charge is 1.78. The van der Waals surface area contributed by atoms with Gasteiger partial charge in [-0.2, -0.15) is 0 Å². The van der Waals surface area contributed by atoms with Gasteiger partial charge in [0.25, 0.3) is 0 Å². The van der Waals surface area contributed by atoms with Crippen LogP contribution in [0.25, 0.3) is 0 Å². The van der Waals surface area contributed by atoms with Crippen LogP contribution in [0.3, 0.4) is 0 Å². The van der Waals surface area contributed by atoms with Crippen LogP contribution in [-0.2, 0) is 9.78 Å². The lowest BCUT2D eigenvalue weighted by molar-refractivity contribution is -0.266. The lowest BCUT2D eigenvalue weighted by atomic mass is 10.5. The lowest BCUT2D eigenvalue weighted by Gasteiger charge is -1.94. The third-order valence-electron chi connectivity index (χ3n) is 0.452. The Hall–Kier alpha value is -0.0800. The topological polar surface area (TPSA) is 18.5 Å². The van der Waals surface area contributed by atoms with Crippen LogP contribution in [0, 0.1) is 6.61 Å². The Morgan fingerprint density at radius 3 is 2.71 bits per heavy atom. The zero-order valence-corrected chi connectivity index (χ0v) is 4.81. The molecule has 0 rings (SSSR count). The van der Waals surface area contributed by atoms with Gasteiger partial charge in [-0.1, -0.05) is 6.92 Å². The summed E-state index contributed by atoms with van der Waals surface area (Å²) in [6.07, 6.45) is 0.994. The van der Waals surface area contributed by atoms with E-state index in [2.05, 4.69) is 9.78 Å². The highest BCUT2D eigenvalue weighted by atomic mass is 17.2. The molecule has 0 saturated carbocycles. The van der Waals surface area contributed by atoms with Crippen LogP contribution in [0.5, 0.6) is 0 Å². The molecule has 2 heteroatoms. The summed E-state index contributed by atoms with van der Waals surface area (Å²) in [6.45, 7) is 5.98. The number of hydrogen-bond acceptors (Lipinski definition) is 2. The van der Waals surface area contributed by atoms with Crippen LogP contribution in [0.4, 0.5) is 0 Å². The fraction of sp³-hybridized carbons (Fsp3) is 0.800. The molecule has 43 valence electrons. The first kappa shape index (κ1) is 6.92. The van der Waals surface area contributed by atoms with Gasteiger partial charge in [0.15, 0.2) is 0 Å². The largest absolute Gasteiger partial charge is 0.236 e. The van der Waals surface area contributed by atoms with Crippen molar-refractivity contribution in [3.63, 3.8) is 0 Å². The van der Waals surface area contributed by atoms with Crippen molar-refractivity contribution in [2.24, 2.45) is 0 Å². The Kier molecular flexibility index (Phi) is 5.85.